The Bertz CT molecular complexity index is 989. The number of aryl methyl sites for hydroxylation is 2. The van der Waals surface area contributed by atoms with E-state index in [2.05, 4.69) is 24.3 Å². The van der Waals surface area contributed by atoms with E-state index in [1.807, 2.05) is 18.2 Å². The second kappa shape index (κ2) is 10.7. The van der Waals surface area contributed by atoms with Crippen molar-refractivity contribution in [1.82, 2.24) is 0 Å². The zero-order chi connectivity index (χ0) is 21.1. The van der Waals surface area contributed by atoms with Gasteiger partial charge in [0.15, 0.2) is 9.84 Å². The molecule has 2 aromatic rings. The second-order valence-corrected chi connectivity index (χ2v) is 11.8. The molecule has 31 heavy (non-hydrogen) atoms. The molecule has 1 fully saturated rings. The van der Waals surface area contributed by atoms with Crippen molar-refractivity contribution < 1.29 is 8.42 Å². The molecule has 0 saturated heterocycles. The lowest BCUT2D eigenvalue weighted by molar-refractivity contribution is 0.467. The zero-order valence-corrected chi connectivity index (χ0v) is 20.3. The number of nitrogens with two attached hydrogens (primary N) is 1. The van der Waals surface area contributed by atoms with Gasteiger partial charge in [-0.25, -0.2) is 8.42 Å². The van der Waals surface area contributed by atoms with Crippen LogP contribution in [0.1, 0.15) is 60.3 Å². The van der Waals surface area contributed by atoms with Gasteiger partial charge >= 0.3 is 0 Å². The topological polar surface area (TPSA) is 60.2 Å². The van der Waals surface area contributed by atoms with Gasteiger partial charge in [0, 0.05) is 17.0 Å². The van der Waals surface area contributed by atoms with Crippen LogP contribution in [0.5, 0.6) is 0 Å². The van der Waals surface area contributed by atoms with Crippen LogP contribution in [0.2, 0.25) is 5.02 Å². The van der Waals surface area contributed by atoms with E-state index in [1.54, 1.807) is 0 Å². The Kier molecular flexibility index (Phi) is 8.48. The highest BCUT2D eigenvalue weighted by Gasteiger charge is 2.29. The van der Waals surface area contributed by atoms with Crippen molar-refractivity contribution in [3.05, 3.63) is 69.7 Å². The maximum Gasteiger partial charge on any atom is 0.150 e. The smallest absolute Gasteiger partial charge is 0.150 e. The van der Waals surface area contributed by atoms with Gasteiger partial charge in [-0.2, -0.15) is 0 Å². The summed E-state index contributed by atoms with van der Waals surface area (Å²) < 4.78 is 24.3. The summed E-state index contributed by atoms with van der Waals surface area (Å²) in [5.74, 6) is 1.43. The van der Waals surface area contributed by atoms with Crippen molar-refractivity contribution in [2.75, 3.05) is 11.5 Å². The second-order valence-electron chi connectivity index (χ2n) is 9.15. The van der Waals surface area contributed by atoms with Gasteiger partial charge in [0.1, 0.15) is 0 Å². The molecule has 0 aromatic heterocycles. The summed E-state index contributed by atoms with van der Waals surface area (Å²) in [5, 5.41) is 0.806. The number of benzene rings is 2. The van der Waals surface area contributed by atoms with E-state index in [0.717, 1.165) is 62.0 Å². The molecule has 0 amide bonds. The van der Waals surface area contributed by atoms with Gasteiger partial charge in [-0.1, -0.05) is 48.0 Å². The Morgan fingerprint density at radius 1 is 1.03 bits per heavy atom. The molecule has 0 bridgehead atoms. The van der Waals surface area contributed by atoms with E-state index in [9.17, 15) is 8.42 Å². The van der Waals surface area contributed by atoms with Crippen molar-refractivity contribution in [3.63, 3.8) is 0 Å². The number of halogens is 2. The number of fused-ring (bicyclic) bond motifs is 1. The maximum atomic E-state index is 12.1. The fraction of sp³-hybridized carbons (Fsp3) is 0.520. The molecule has 2 aliphatic rings. The lowest BCUT2D eigenvalue weighted by atomic mass is 9.76. The highest BCUT2D eigenvalue weighted by atomic mass is 35.5. The summed E-state index contributed by atoms with van der Waals surface area (Å²) in [6.07, 6.45) is 7.63. The minimum Gasteiger partial charge on any atom is -0.327 e. The molecule has 3 nitrogen and oxygen atoms in total. The third-order valence-electron chi connectivity index (χ3n) is 6.63. The lowest BCUT2D eigenvalue weighted by Crippen LogP contribution is -2.34. The molecule has 2 unspecified atom stereocenters. The quantitative estimate of drug-likeness (QED) is 0.480. The highest BCUT2D eigenvalue weighted by molar-refractivity contribution is 7.91. The molecule has 2 aliphatic carbocycles. The van der Waals surface area contributed by atoms with Crippen molar-refractivity contribution in [1.29, 1.82) is 0 Å². The molecule has 0 radical (unpaired) electrons. The van der Waals surface area contributed by atoms with Gasteiger partial charge < -0.3 is 5.73 Å². The molecule has 1 saturated carbocycles. The van der Waals surface area contributed by atoms with E-state index in [4.69, 9.17) is 17.3 Å². The number of sulfone groups is 1. The van der Waals surface area contributed by atoms with E-state index < -0.39 is 9.84 Å². The van der Waals surface area contributed by atoms with Crippen LogP contribution < -0.4 is 5.73 Å². The molecule has 4 rings (SSSR count). The van der Waals surface area contributed by atoms with Crippen molar-refractivity contribution in [2.24, 2.45) is 11.7 Å². The van der Waals surface area contributed by atoms with Crippen molar-refractivity contribution >= 4 is 33.8 Å². The van der Waals surface area contributed by atoms with Crippen LogP contribution >= 0.6 is 24.0 Å². The molecule has 170 valence electrons. The highest BCUT2D eigenvalue weighted by Crippen LogP contribution is 2.36. The van der Waals surface area contributed by atoms with Crippen LogP contribution in [-0.4, -0.2) is 26.0 Å². The summed E-state index contributed by atoms with van der Waals surface area (Å²) in [6, 6.07) is 14.9. The van der Waals surface area contributed by atoms with Crippen LogP contribution in [0.4, 0.5) is 0 Å². The van der Waals surface area contributed by atoms with Crippen molar-refractivity contribution in [3.8, 4) is 0 Å². The molecule has 0 heterocycles. The predicted molar refractivity (Wildman–Crippen MR) is 132 cm³/mol. The summed E-state index contributed by atoms with van der Waals surface area (Å²) in [5.41, 5.74) is 11.7. The molecule has 2 N–H and O–H groups in total. The van der Waals surface area contributed by atoms with Crippen LogP contribution in [0.15, 0.2) is 42.5 Å². The van der Waals surface area contributed by atoms with Crippen LogP contribution in [0, 0.1) is 5.92 Å². The van der Waals surface area contributed by atoms with Crippen LogP contribution in [-0.2, 0) is 29.1 Å². The summed E-state index contributed by atoms with van der Waals surface area (Å²) in [6.45, 7) is 0. The Hall–Kier alpha value is -1.07. The number of hydrogen-bond acceptors (Lipinski definition) is 3. The first-order chi connectivity index (χ1) is 14.4. The molecular formula is C25H33Cl2NO2S. The third-order valence-corrected chi connectivity index (χ3v) is 8.89. The zero-order valence-electron chi connectivity index (χ0n) is 17.9. The fourth-order valence-corrected chi connectivity index (χ4v) is 6.74. The van der Waals surface area contributed by atoms with E-state index in [0.29, 0.717) is 17.4 Å². The molecule has 2 atom stereocenters. The summed E-state index contributed by atoms with van der Waals surface area (Å²) in [4.78, 5) is 0. The minimum atomic E-state index is -2.87. The Morgan fingerprint density at radius 3 is 2.55 bits per heavy atom. The molecular weight excluding hydrogens is 449 g/mol. The SMILES string of the molecule is Cl.NC1CCc2ccc(CCCCS(=O)(=O)CC3CC3)cc2C1Cc1ccccc1Cl. The lowest BCUT2D eigenvalue weighted by Gasteiger charge is -2.32. The monoisotopic (exact) mass is 481 g/mol. The van der Waals surface area contributed by atoms with Crippen molar-refractivity contribution in [2.45, 2.75) is 63.3 Å². The standard InChI is InChI=1S/C25H32ClNO2S.ClH/c26-24-7-2-1-6-21(24)16-23-22-15-18(10-11-20(22)12-13-25(23)27)5-3-4-14-30(28,29)17-19-8-9-19;/h1-2,6-7,10-11,15,19,23,25H,3-5,8-9,12-14,16-17,27H2;1H. The number of hydrogen-bond donors (Lipinski definition) is 1. The predicted octanol–water partition coefficient (Wildman–Crippen LogP) is 5.51. The summed E-state index contributed by atoms with van der Waals surface area (Å²) >= 11 is 6.42. The molecule has 2 aromatic carbocycles. The fourth-order valence-electron chi connectivity index (χ4n) is 4.67. The molecule has 0 spiro atoms. The summed E-state index contributed by atoms with van der Waals surface area (Å²) in [7, 11) is -2.87. The maximum absolute atomic E-state index is 12.1. The molecule has 6 heteroatoms. The Labute approximate surface area is 198 Å². The van der Waals surface area contributed by atoms with E-state index in [-0.39, 0.29) is 24.4 Å². The van der Waals surface area contributed by atoms with Crippen LogP contribution in [0.25, 0.3) is 0 Å². The minimum absolute atomic E-state index is 0. The Balaban J connectivity index is 0.00000272. The van der Waals surface area contributed by atoms with Crippen LogP contribution in [0.3, 0.4) is 0 Å². The Morgan fingerprint density at radius 2 is 1.81 bits per heavy atom. The molecule has 0 aliphatic heterocycles. The average molecular weight is 483 g/mol. The first-order valence-corrected chi connectivity index (χ1v) is 13.4. The van der Waals surface area contributed by atoms with Gasteiger partial charge in [-0.15, -0.1) is 12.4 Å². The normalized spacial score (nSPS) is 20.7. The van der Waals surface area contributed by atoms with Gasteiger partial charge in [0.25, 0.3) is 0 Å². The van der Waals surface area contributed by atoms with E-state index in [1.165, 1.54) is 16.7 Å². The first kappa shape index (κ1) is 24.6. The number of unbranched alkanes of at least 4 members (excludes halogenated alkanes) is 1. The van der Waals surface area contributed by atoms with Gasteiger partial charge in [-0.3, -0.25) is 0 Å². The first-order valence-electron chi connectivity index (χ1n) is 11.2. The largest absolute Gasteiger partial charge is 0.327 e. The van der Waals surface area contributed by atoms with Gasteiger partial charge in [0.05, 0.1) is 11.5 Å². The number of rotatable bonds is 9. The van der Waals surface area contributed by atoms with Gasteiger partial charge in [0.2, 0.25) is 0 Å². The average Bonchev–Trinajstić information content (AvgIpc) is 3.52. The third kappa shape index (κ3) is 6.71. The van der Waals surface area contributed by atoms with Gasteiger partial charge in [-0.05, 0) is 85.6 Å². The van der Waals surface area contributed by atoms with E-state index >= 15 is 0 Å².